The third-order valence-electron chi connectivity index (χ3n) is 4.74. The van der Waals surface area contributed by atoms with Gasteiger partial charge in [0.2, 0.25) is 0 Å². The van der Waals surface area contributed by atoms with E-state index in [1.807, 2.05) is 0 Å². The number of nitrogens with one attached hydrogen (secondary N) is 1. The second kappa shape index (κ2) is 7.35. The highest BCUT2D eigenvalue weighted by Crippen LogP contribution is 2.42. The van der Waals surface area contributed by atoms with Gasteiger partial charge in [0.25, 0.3) is 0 Å². The van der Waals surface area contributed by atoms with Crippen LogP contribution in [-0.4, -0.2) is 37.4 Å². The van der Waals surface area contributed by atoms with Crippen molar-refractivity contribution in [1.82, 2.24) is 10.2 Å². The number of nitrogens with zero attached hydrogens (tertiary/aromatic N) is 1. The fourth-order valence-corrected chi connectivity index (χ4v) is 6.93. The fourth-order valence-electron chi connectivity index (χ4n) is 3.75. The number of hydrogen-bond donors (Lipinski definition) is 1. The van der Waals surface area contributed by atoms with Crippen LogP contribution < -0.4 is 15.9 Å². The summed E-state index contributed by atoms with van der Waals surface area (Å²) >= 11 is 0. The minimum Gasteiger partial charge on any atom is -0.314 e. The fraction of sp³-hybridized carbons (Fsp3) is 0.429. The molecule has 0 radical (unpaired) electrons. The van der Waals surface area contributed by atoms with Gasteiger partial charge in [-0.3, -0.25) is 4.90 Å². The van der Waals surface area contributed by atoms with E-state index in [-0.39, 0.29) is 0 Å². The van der Waals surface area contributed by atoms with Gasteiger partial charge in [0.15, 0.2) is 0 Å². The monoisotopic (exact) mass is 340 g/mol. The van der Waals surface area contributed by atoms with Gasteiger partial charge in [0, 0.05) is 19.6 Å². The van der Waals surface area contributed by atoms with E-state index < -0.39 is 7.92 Å². The summed E-state index contributed by atoms with van der Waals surface area (Å²) in [7, 11) is 1.87. The molecule has 0 aromatic heterocycles. The molecule has 3 rings (SSSR count). The van der Waals surface area contributed by atoms with E-state index in [0.717, 1.165) is 19.6 Å². The molecule has 2 aromatic rings. The van der Waals surface area contributed by atoms with Crippen LogP contribution in [0, 0.1) is 27.7 Å². The van der Waals surface area contributed by atoms with Crippen LogP contribution in [-0.2, 0) is 0 Å². The van der Waals surface area contributed by atoms with Crippen molar-refractivity contribution in [1.29, 1.82) is 0 Å². The summed E-state index contributed by atoms with van der Waals surface area (Å²) in [5.41, 5.74) is 5.48. The summed E-state index contributed by atoms with van der Waals surface area (Å²) in [4.78, 5) is 2.55. The van der Waals surface area contributed by atoms with Gasteiger partial charge in [-0.15, -0.1) is 0 Å². The molecule has 2 aromatic carbocycles. The van der Waals surface area contributed by atoms with Crippen molar-refractivity contribution in [3.05, 3.63) is 58.7 Å². The quantitative estimate of drug-likeness (QED) is 0.863. The molecule has 1 unspecified atom stereocenters. The highest BCUT2D eigenvalue weighted by molar-refractivity contribution is 7.73. The van der Waals surface area contributed by atoms with Gasteiger partial charge in [-0.25, -0.2) is 0 Å². The van der Waals surface area contributed by atoms with E-state index in [1.165, 1.54) is 32.9 Å². The Kier molecular flexibility index (Phi) is 5.39. The number of benzene rings is 2. The molecule has 1 atom stereocenters. The molecule has 128 valence electrons. The summed E-state index contributed by atoms with van der Waals surface area (Å²) in [6.07, 6.45) is 0. The van der Waals surface area contributed by atoms with E-state index in [0.29, 0.717) is 5.78 Å². The molecule has 2 nitrogen and oxygen atoms in total. The van der Waals surface area contributed by atoms with Crippen LogP contribution in [0.4, 0.5) is 0 Å². The Bertz CT molecular complexity index is 634. The molecular formula is C21H29N2P. The van der Waals surface area contributed by atoms with Crippen LogP contribution in [0.5, 0.6) is 0 Å². The number of aryl methyl sites for hydroxylation is 4. The Hall–Kier alpha value is -1.21. The lowest BCUT2D eigenvalue weighted by molar-refractivity contribution is 0.263. The van der Waals surface area contributed by atoms with E-state index in [9.17, 15) is 0 Å². The van der Waals surface area contributed by atoms with Crippen molar-refractivity contribution in [2.45, 2.75) is 33.5 Å². The molecule has 0 spiro atoms. The number of hydrogen-bond acceptors (Lipinski definition) is 2. The van der Waals surface area contributed by atoms with Crippen LogP contribution in [0.25, 0.3) is 0 Å². The van der Waals surface area contributed by atoms with Gasteiger partial charge in [-0.2, -0.15) is 0 Å². The third kappa shape index (κ3) is 3.88. The maximum Gasteiger partial charge on any atom is 0.0500 e. The first-order valence-corrected chi connectivity index (χ1v) is 10.2. The zero-order chi connectivity index (χ0) is 17.3. The average molecular weight is 340 g/mol. The molecular weight excluding hydrogens is 311 g/mol. The van der Waals surface area contributed by atoms with Crippen molar-refractivity contribution in [2.24, 2.45) is 0 Å². The molecule has 1 N–H and O–H groups in total. The lowest BCUT2D eigenvalue weighted by atomic mass is 10.2. The van der Waals surface area contributed by atoms with Gasteiger partial charge in [-0.1, -0.05) is 58.7 Å². The summed E-state index contributed by atoms with van der Waals surface area (Å²) in [6.45, 7) is 12.2. The minimum absolute atomic E-state index is 0.410. The molecule has 0 bridgehead atoms. The first kappa shape index (κ1) is 17.6. The van der Waals surface area contributed by atoms with Crippen LogP contribution in [0.2, 0.25) is 0 Å². The summed E-state index contributed by atoms with van der Waals surface area (Å²) in [5, 5.41) is 6.63. The Morgan fingerprint density at radius 2 is 1.29 bits per heavy atom. The molecule has 0 amide bonds. The first-order valence-electron chi connectivity index (χ1n) is 8.81. The standard InChI is InChI=1S/C21H29N2P/c1-15-8-16(2)11-19(10-15)24(21-14-22-6-7-23(21)5)20-12-17(3)9-18(4)13-20/h8-13,21-22H,6-7,14H2,1-5H3. The highest BCUT2D eigenvalue weighted by Gasteiger charge is 2.30. The Balaban J connectivity index is 2.12. The zero-order valence-corrected chi connectivity index (χ0v) is 16.5. The van der Waals surface area contributed by atoms with Gasteiger partial charge >= 0.3 is 0 Å². The largest absolute Gasteiger partial charge is 0.314 e. The lowest BCUT2D eigenvalue weighted by Crippen LogP contribution is -2.50. The molecule has 1 fully saturated rings. The first-order chi connectivity index (χ1) is 11.4. The SMILES string of the molecule is Cc1cc(C)cc(P(c2cc(C)cc(C)c2)C2CNCCN2C)c1. The normalized spacial score (nSPS) is 19.0. The molecule has 1 saturated heterocycles. The highest BCUT2D eigenvalue weighted by atomic mass is 31.1. The van der Waals surface area contributed by atoms with E-state index in [4.69, 9.17) is 0 Å². The molecule has 3 heteroatoms. The maximum atomic E-state index is 3.62. The van der Waals surface area contributed by atoms with Crippen LogP contribution in [0.1, 0.15) is 22.3 Å². The van der Waals surface area contributed by atoms with Gasteiger partial charge < -0.3 is 5.32 Å². The third-order valence-corrected chi connectivity index (χ3v) is 7.55. The van der Waals surface area contributed by atoms with E-state index >= 15 is 0 Å². The summed E-state index contributed by atoms with van der Waals surface area (Å²) < 4.78 is 0. The van der Waals surface area contributed by atoms with E-state index in [1.54, 1.807) is 0 Å². The molecule has 1 heterocycles. The minimum atomic E-state index is -0.410. The summed E-state index contributed by atoms with van der Waals surface area (Å²) in [6, 6.07) is 14.2. The van der Waals surface area contributed by atoms with E-state index in [2.05, 4.69) is 81.4 Å². The predicted molar refractivity (Wildman–Crippen MR) is 107 cm³/mol. The average Bonchev–Trinajstić information content (AvgIpc) is 2.47. The zero-order valence-electron chi connectivity index (χ0n) is 15.6. The molecule has 1 aliphatic rings. The maximum absolute atomic E-state index is 3.62. The Morgan fingerprint density at radius 1 is 0.833 bits per heavy atom. The number of rotatable bonds is 3. The topological polar surface area (TPSA) is 15.3 Å². The molecule has 0 saturated carbocycles. The van der Waals surface area contributed by atoms with Gasteiger partial charge in [-0.05, 0) is 53.3 Å². The Morgan fingerprint density at radius 3 is 1.71 bits per heavy atom. The molecule has 1 aliphatic heterocycles. The lowest BCUT2D eigenvalue weighted by Gasteiger charge is -2.39. The van der Waals surface area contributed by atoms with Crippen molar-refractivity contribution in [3.8, 4) is 0 Å². The smallest absolute Gasteiger partial charge is 0.0500 e. The molecule has 24 heavy (non-hydrogen) atoms. The van der Waals surface area contributed by atoms with Crippen molar-refractivity contribution in [2.75, 3.05) is 26.7 Å². The number of piperazine rings is 1. The van der Waals surface area contributed by atoms with Crippen LogP contribution in [0.15, 0.2) is 36.4 Å². The van der Waals surface area contributed by atoms with Gasteiger partial charge in [0.1, 0.15) is 0 Å². The van der Waals surface area contributed by atoms with Crippen LogP contribution in [0.3, 0.4) is 0 Å². The van der Waals surface area contributed by atoms with Crippen molar-refractivity contribution in [3.63, 3.8) is 0 Å². The summed E-state index contributed by atoms with van der Waals surface area (Å²) in [5.74, 6) is 0.552. The van der Waals surface area contributed by atoms with Crippen molar-refractivity contribution >= 4 is 18.5 Å². The van der Waals surface area contributed by atoms with Crippen LogP contribution >= 0.6 is 7.92 Å². The van der Waals surface area contributed by atoms with Crippen molar-refractivity contribution < 1.29 is 0 Å². The Labute approximate surface area is 148 Å². The second-order valence-corrected chi connectivity index (χ2v) is 9.60. The predicted octanol–water partition coefficient (Wildman–Crippen LogP) is 3.21. The van der Waals surface area contributed by atoms with Gasteiger partial charge in [0.05, 0.1) is 5.78 Å². The molecule has 0 aliphatic carbocycles. The second-order valence-electron chi connectivity index (χ2n) is 7.23. The number of likely N-dealkylation sites (N-methyl/N-ethyl adjacent to an activating group) is 1.